The van der Waals surface area contributed by atoms with Gasteiger partial charge in [-0.15, -0.1) is 11.8 Å². The summed E-state index contributed by atoms with van der Waals surface area (Å²) in [6.07, 6.45) is 5.29. The predicted molar refractivity (Wildman–Crippen MR) is 106 cm³/mol. The van der Waals surface area contributed by atoms with Crippen LogP contribution in [0.5, 0.6) is 0 Å². The number of amides is 1. The smallest absolute Gasteiger partial charge is 0.259 e. The maximum Gasteiger partial charge on any atom is 0.259 e. The molecule has 26 heavy (non-hydrogen) atoms. The number of rotatable bonds is 6. The van der Waals surface area contributed by atoms with E-state index in [-0.39, 0.29) is 5.91 Å². The molecule has 0 aliphatic rings. The Balaban J connectivity index is 1.75. The fraction of sp³-hybridized carbons (Fsp3) is 0.250. The van der Waals surface area contributed by atoms with Crippen molar-refractivity contribution < 1.29 is 4.79 Å². The molecule has 6 heteroatoms. The summed E-state index contributed by atoms with van der Waals surface area (Å²) in [4.78, 5) is 16.9. The van der Waals surface area contributed by atoms with Crippen LogP contribution in [0.3, 0.4) is 0 Å². The number of nitrogens with one attached hydrogen (secondary N) is 1. The van der Waals surface area contributed by atoms with Gasteiger partial charge in [0, 0.05) is 12.3 Å². The summed E-state index contributed by atoms with van der Waals surface area (Å²) in [5.74, 6) is 0.993. The van der Waals surface area contributed by atoms with E-state index in [1.165, 1.54) is 17.3 Å². The first-order valence-electron chi connectivity index (χ1n) is 8.49. The summed E-state index contributed by atoms with van der Waals surface area (Å²) in [7, 11) is 0. The highest BCUT2D eigenvalue weighted by Gasteiger charge is 2.14. The molecule has 5 nitrogen and oxygen atoms in total. The van der Waals surface area contributed by atoms with Crippen LogP contribution in [-0.2, 0) is 6.54 Å². The van der Waals surface area contributed by atoms with Crippen molar-refractivity contribution in [3.05, 3.63) is 71.5 Å². The van der Waals surface area contributed by atoms with Crippen molar-refractivity contribution in [2.24, 2.45) is 0 Å². The van der Waals surface area contributed by atoms with Crippen LogP contribution in [0.1, 0.15) is 41.3 Å². The van der Waals surface area contributed by atoms with Gasteiger partial charge in [0.15, 0.2) is 0 Å². The minimum Gasteiger partial charge on any atom is -0.307 e. The van der Waals surface area contributed by atoms with Crippen molar-refractivity contribution in [1.82, 2.24) is 14.8 Å². The van der Waals surface area contributed by atoms with E-state index in [4.69, 9.17) is 0 Å². The summed E-state index contributed by atoms with van der Waals surface area (Å²) in [6.45, 7) is 4.96. The molecular formula is C20H22N4OS. The van der Waals surface area contributed by atoms with Crippen molar-refractivity contribution in [2.45, 2.75) is 31.3 Å². The lowest BCUT2D eigenvalue weighted by molar-refractivity contribution is 0.102. The number of carbonyl (C=O) groups is 1. The van der Waals surface area contributed by atoms with E-state index in [9.17, 15) is 4.79 Å². The molecule has 0 spiro atoms. The second-order valence-corrected chi connectivity index (χ2v) is 7.08. The van der Waals surface area contributed by atoms with E-state index < -0.39 is 0 Å². The molecule has 0 unspecified atom stereocenters. The normalized spacial score (nSPS) is 10.9. The number of hydrogen-bond acceptors (Lipinski definition) is 4. The average Bonchev–Trinajstić information content (AvgIpc) is 3.08. The number of nitrogens with zero attached hydrogens (tertiary/aromatic N) is 3. The van der Waals surface area contributed by atoms with Gasteiger partial charge in [-0.25, -0.2) is 9.67 Å². The average molecular weight is 366 g/mol. The van der Waals surface area contributed by atoms with E-state index >= 15 is 0 Å². The van der Waals surface area contributed by atoms with Crippen LogP contribution < -0.4 is 5.32 Å². The zero-order valence-electron chi connectivity index (χ0n) is 15.1. The Morgan fingerprint density at radius 1 is 1.15 bits per heavy atom. The first kappa shape index (κ1) is 18.2. The zero-order valence-corrected chi connectivity index (χ0v) is 16.0. The van der Waals surface area contributed by atoms with Crippen LogP contribution in [0.4, 0.5) is 5.82 Å². The van der Waals surface area contributed by atoms with Crippen molar-refractivity contribution in [3.8, 4) is 0 Å². The van der Waals surface area contributed by atoms with Gasteiger partial charge in [-0.3, -0.25) is 4.79 Å². The predicted octanol–water partition coefficient (Wildman–Crippen LogP) is 4.42. The molecule has 0 saturated carbocycles. The number of anilines is 1. The molecule has 0 aliphatic heterocycles. The third kappa shape index (κ3) is 4.14. The SMILES string of the molecule is CSc1ncccc1C(=O)Nc1ccnn1Cc1ccc(C(C)C)cc1. The lowest BCUT2D eigenvalue weighted by atomic mass is 10.0. The summed E-state index contributed by atoms with van der Waals surface area (Å²) >= 11 is 1.45. The van der Waals surface area contributed by atoms with Gasteiger partial charge in [-0.2, -0.15) is 5.10 Å². The highest BCUT2D eigenvalue weighted by atomic mass is 32.2. The van der Waals surface area contributed by atoms with Gasteiger partial charge in [-0.05, 0) is 35.4 Å². The third-order valence-corrected chi connectivity index (χ3v) is 4.86. The molecule has 3 rings (SSSR count). The summed E-state index contributed by atoms with van der Waals surface area (Å²) in [5.41, 5.74) is 3.01. The molecule has 0 bridgehead atoms. The van der Waals surface area contributed by atoms with Crippen LogP contribution >= 0.6 is 11.8 Å². The van der Waals surface area contributed by atoms with Gasteiger partial charge in [0.2, 0.25) is 0 Å². The van der Waals surface area contributed by atoms with Gasteiger partial charge in [0.05, 0.1) is 18.3 Å². The molecule has 3 aromatic rings. The third-order valence-electron chi connectivity index (χ3n) is 4.15. The number of carbonyl (C=O) groups excluding carboxylic acids is 1. The molecule has 2 heterocycles. The first-order chi connectivity index (χ1) is 12.6. The lowest BCUT2D eigenvalue weighted by Crippen LogP contribution is -2.17. The van der Waals surface area contributed by atoms with Gasteiger partial charge in [-0.1, -0.05) is 38.1 Å². The maximum absolute atomic E-state index is 12.6. The molecule has 1 aromatic carbocycles. The van der Waals surface area contributed by atoms with Crippen molar-refractivity contribution in [3.63, 3.8) is 0 Å². The molecular weight excluding hydrogens is 344 g/mol. The number of hydrogen-bond donors (Lipinski definition) is 1. The van der Waals surface area contributed by atoms with Crippen molar-refractivity contribution >= 4 is 23.5 Å². The summed E-state index contributed by atoms with van der Waals surface area (Å²) in [6, 6.07) is 13.8. The quantitative estimate of drug-likeness (QED) is 0.656. The van der Waals surface area contributed by atoms with E-state index in [1.807, 2.05) is 6.26 Å². The number of benzene rings is 1. The largest absolute Gasteiger partial charge is 0.307 e. The van der Waals surface area contributed by atoms with Crippen LogP contribution in [0.25, 0.3) is 0 Å². The number of thioether (sulfide) groups is 1. The highest BCUT2D eigenvalue weighted by Crippen LogP contribution is 2.19. The molecule has 0 aliphatic carbocycles. The van der Waals surface area contributed by atoms with Crippen LogP contribution in [-0.4, -0.2) is 26.9 Å². The lowest BCUT2D eigenvalue weighted by Gasteiger charge is -2.11. The molecule has 0 fully saturated rings. The van der Waals surface area contributed by atoms with Crippen LogP contribution in [0, 0.1) is 0 Å². The van der Waals surface area contributed by atoms with Gasteiger partial charge < -0.3 is 5.32 Å². The monoisotopic (exact) mass is 366 g/mol. The number of pyridine rings is 1. The van der Waals surface area contributed by atoms with E-state index in [1.54, 1.807) is 35.3 Å². The Bertz CT molecular complexity index is 887. The van der Waals surface area contributed by atoms with Gasteiger partial charge in [0.25, 0.3) is 5.91 Å². The van der Waals surface area contributed by atoms with Crippen molar-refractivity contribution in [2.75, 3.05) is 11.6 Å². The fourth-order valence-corrected chi connectivity index (χ4v) is 3.20. The Morgan fingerprint density at radius 3 is 2.62 bits per heavy atom. The zero-order chi connectivity index (χ0) is 18.5. The minimum atomic E-state index is -0.181. The molecule has 0 atom stereocenters. The molecule has 2 aromatic heterocycles. The molecule has 134 valence electrons. The fourth-order valence-electron chi connectivity index (χ4n) is 2.66. The van der Waals surface area contributed by atoms with E-state index in [2.05, 4.69) is 53.5 Å². The topological polar surface area (TPSA) is 59.8 Å². The Labute approximate surface area is 157 Å². The second kappa shape index (κ2) is 8.19. The second-order valence-electron chi connectivity index (χ2n) is 6.28. The molecule has 0 saturated heterocycles. The molecule has 0 radical (unpaired) electrons. The Hall–Kier alpha value is -2.60. The Morgan fingerprint density at radius 2 is 1.92 bits per heavy atom. The van der Waals surface area contributed by atoms with Crippen molar-refractivity contribution in [1.29, 1.82) is 0 Å². The Kier molecular flexibility index (Phi) is 5.73. The van der Waals surface area contributed by atoms with E-state index in [0.717, 1.165) is 5.56 Å². The number of aromatic nitrogens is 3. The molecule has 1 N–H and O–H groups in total. The van der Waals surface area contributed by atoms with Gasteiger partial charge >= 0.3 is 0 Å². The van der Waals surface area contributed by atoms with E-state index in [0.29, 0.717) is 28.9 Å². The summed E-state index contributed by atoms with van der Waals surface area (Å²) < 4.78 is 1.79. The molecule has 1 amide bonds. The van der Waals surface area contributed by atoms with Crippen LogP contribution in [0.2, 0.25) is 0 Å². The standard InChI is InChI=1S/C20H22N4OS/c1-14(2)16-8-6-15(7-9-16)13-24-18(10-12-22-24)23-19(25)17-5-4-11-21-20(17)26-3/h4-12,14H,13H2,1-3H3,(H,23,25). The highest BCUT2D eigenvalue weighted by molar-refractivity contribution is 7.98. The summed E-state index contributed by atoms with van der Waals surface area (Å²) in [5, 5.41) is 7.99. The van der Waals surface area contributed by atoms with Gasteiger partial charge in [0.1, 0.15) is 10.8 Å². The first-order valence-corrected chi connectivity index (χ1v) is 9.72. The maximum atomic E-state index is 12.6. The van der Waals surface area contributed by atoms with Crippen LogP contribution in [0.15, 0.2) is 59.9 Å². The minimum absolute atomic E-state index is 0.181.